The largest absolute Gasteiger partial charge is 0.394 e. The van der Waals surface area contributed by atoms with Crippen LogP contribution in [0.5, 0.6) is 0 Å². The number of hydrogen-bond acceptors (Lipinski definition) is 7. The van der Waals surface area contributed by atoms with Gasteiger partial charge in [-0.15, -0.1) is 0 Å². The fraction of sp³-hybridized carbons (Fsp3) is 0.750. The number of anilines is 3. The van der Waals surface area contributed by atoms with Crippen LogP contribution < -0.4 is 16.0 Å². The van der Waals surface area contributed by atoms with Crippen molar-refractivity contribution >= 4 is 17.8 Å². The van der Waals surface area contributed by atoms with Crippen LogP contribution in [0.3, 0.4) is 0 Å². The van der Waals surface area contributed by atoms with E-state index in [2.05, 4.69) is 25.2 Å². The quantitative estimate of drug-likeness (QED) is 0.718. The SMILES string of the molecule is CCC(CO)Nc1nc(N)nc(N2CCCCC2)n1. The van der Waals surface area contributed by atoms with Gasteiger partial charge in [0.05, 0.1) is 12.6 Å². The van der Waals surface area contributed by atoms with Crippen molar-refractivity contribution in [3.63, 3.8) is 0 Å². The lowest BCUT2D eigenvalue weighted by molar-refractivity contribution is 0.271. The summed E-state index contributed by atoms with van der Waals surface area (Å²) >= 11 is 0. The maximum Gasteiger partial charge on any atom is 0.231 e. The number of nitrogens with two attached hydrogens (primary N) is 1. The molecule has 7 heteroatoms. The van der Waals surface area contributed by atoms with Gasteiger partial charge in [-0.2, -0.15) is 15.0 Å². The van der Waals surface area contributed by atoms with Gasteiger partial charge < -0.3 is 21.1 Å². The molecule has 0 spiro atoms. The Kier molecular flexibility index (Phi) is 4.73. The number of nitrogen functional groups attached to an aromatic ring is 1. The summed E-state index contributed by atoms with van der Waals surface area (Å²) in [5.74, 6) is 1.28. The molecule has 4 N–H and O–H groups in total. The summed E-state index contributed by atoms with van der Waals surface area (Å²) < 4.78 is 0. The summed E-state index contributed by atoms with van der Waals surface area (Å²) in [6.45, 7) is 3.95. The Balaban J connectivity index is 2.13. The third-order valence-electron chi connectivity index (χ3n) is 3.33. The number of aromatic nitrogens is 3. The molecule has 2 heterocycles. The molecular weight excluding hydrogens is 244 g/mol. The van der Waals surface area contributed by atoms with Crippen molar-refractivity contribution in [1.82, 2.24) is 15.0 Å². The molecule has 0 saturated carbocycles. The second kappa shape index (κ2) is 6.51. The first-order chi connectivity index (χ1) is 9.22. The second-order valence-electron chi connectivity index (χ2n) is 4.80. The minimum atomic E-state index is -0.0593. The van der Waals surface area contributed by atoms with Gasteiger partial charge >= 0.3 is 0 Å². The number of rotatable bonds is 5. The molecule has 106 valence electrons. The minimum Gasteiger partial charge on any atom is -0.394 e. The first-order valence-corrected chi connectivity index (χ1v) is 6.86. The highest BCUT2D eigenvalue weighted by Crippen LogP contribution is 2.17. The van der Waals surface area contributed by atoms with Crippen molar-refractivity contribution in [3.8, 4) is 0 Å². The topological polar surface area (TPSA) is 100 Å². The van der Waals surface area contributed by atoms with E-state index in [9.17, 15) is 5.11 Å². The van der Waals surface area contributed by atoms with Gasteiger partial charge in [0.2, 0.25) is 17.8 Å². The minimum absolute atomic E-state index is 0.0428. The average Bonchev–Trinajstić information content (AvgIpc) is 2.45. The maximum atomic E-state index is 9.20. The zero-order valence-corrected chi connectivity index (χ0v) is 11.3. The monoisotopic (exact) mass is 266 g/mol. The van der Waals surface area contributed by atoms with Crippen LogP contribution in [0.15, 0.2) is 0 Å². The molecule has 0 bridgehead atoms. The smallest absolute Gasteiger partial charge is 0.231 e. The molecular formula is C12H22N6O. The highest BCUT2D eigenvalue weighted by Gasteiger charge is 2.16. The third kappa shape index (κ3) is 3.66. The molecule has 1 aromatic rings. The van der Waals surface area contributed by atoms with Gasteiger partial charge in [0.1, 0.15) is 0 Å². The van der Waals surface area contributed by atoms with Crippen LogP contribution in [0.4, 0.5) is 17.8 Å². The van der Waals surface area contributed by atoms with E-state index >= 15 is 0 Å². The van der Waals surface area contributed by atoms with Crippen molar-refractivity contribution in [3.05, 3.63) is 0 Å². The van der Waals surface area contributed by atoms with E-state index < -0.39 is 0 Å². The van der Waals surface area contributed by atoms with Gasteiger partial charge in [-0.05, 0) is 25.7 Å². The fourth-order valence-electron chi connectivity index (χ4n) is 2.14. The number of aliphatic hydroxyl groups excluding tert-OH is 1. The molecule has 0 radical (unpaired) electrons. The van der Waals surface area contributed by atoms with Crippen LogP contribution in [-0.2, 0) is 0 Å². The van der Waals surface area contributed by atoms with E-state index in [1.54, 1.807) is 0 Å². The zero-order chi connectivity index (χ0) is 13.7. The lowest BCUT2D eigenvalue weighted by atomic mass is 10.1. The summed E-state index contributed by atoms with van der Waals surface area (Å²) in [5, 5.41) is 12.3. The Morgan fingerprint density at radius 3 is 2.63 bits per heavy atom. The van der Waals surface area contributed by atoms with Crippen LogP contribution >= 0.6 is 0 Å². The van der Waals surface area contributed by atoms with Crippen molar-refractivity contribution in [1.29, 1.82) is 0 Å². The van der Waals surface area contributed by atoms with E-state index in [0.29, 0.717) is 11.9 Å². The first kappa shape index (κ1) is 13.8. The lowest BCUT2D eigenvalue weighted by Crippen LogP contribution is -2.32. The molecule has 1 aliphatic rings. The highest BCUT2D eigenvalue weighted by atomic mass is 16.3. The van der Waals surface area contributed by atoms with Gasteiger partial charge in [-0.3, -0.25) is 0 Å². The number of aliphatic hydroxyl groups is 1. The normalized spacial score (nSPS) is 17.3. The van der Waals surface area contributed by atoms with Crippen molar-refractivity contribution in [2.24, 2.45) is 0 Å². The van der Waals surface area contributed by atoms with Crippen LogP contribution in [-0.4, -0.2) is 45.8 Å². The fourth-order valence-corrected chi connectivity index (χ4v) is 2.14. The molecule has 2 rings (SSSR count). The summed E-state index contributed by atoms with van der Waals surface area (Å²) in [4.78, 5) is 14.8. The Labute approximate surface area is 113 Å². The molecule has 7 nitrogen and oxygen atoms in total. The van der Waals surface area contributed by atoms with Gasteiger partial charge in [0, 0.05) is 13.1 Å². The molecule has 1 saturated heterocycles. The zero-order valence-electron chi connectivity index (χ0n) is 11.3. The molecule has 1 unspecified atom stereocenters. The Morgan fingerprint density at radius 1 is 1.26 bits per heavy atom. The standard InChI is InChI=1S/C12H22N6O/c1-2-9(8-19)14-11-15-10(13)16-12(17-11)18-6-4-3-5-7-18/h9,19H,2-8H2,1H3,(H3,13,14,15,16,17). The van der Waals surface area contributed by atoms with E-state index in [4.69, 9.17) is 5.73 Å². The Hall–Kier alpha value is -1.63. The molecule has 19 heavy (non-hydrogen) atoms. The molecule has 1 fully saturated rings. The van der Waals surface area contributed by atoms with Crippen molar-refractivity contribution in [2.45, 2.75) is 38.6 Å². The van der Waals surface area contributed by atoms with Crippen molar-refractivity contribution < 1.29 is 5.11 Å². The molecule has 1 aliphatic heterocycles. The summed E-state index contributed by atoms with van der Waals surface area (Å²) in [6, 6.07) is -0.0593. The van der Waals surface area contributed by atoms with Crippen molar-refractivity contribution in [2.75, 3.05) is 35.6 Å². The summed E-state index contributed by atoms with van der Waals surface area (Å²) in [5.41, 5.74) is 5.73. The van der Waals surface area contributed by atoms with Gasteiger partial charge in [0.25, 0.3) is 0 Å². The van der Waals surface area contributed by atoms with Crippen LogP contribution in [0.2, 0.25) is 0 Å². The lowest BCUT2D eigenvalue weighted by Gasteiger charge is -2.27. The van der Waals surface area contributed by atoms with Gasteiger partial charge in [-0.25, -0.2) is 0 Å². The second-order valence-corrected chi connectivity index (χ2v) is 4.80. The van der Waals surface area contributed by atoms with Crippen LogP contribution in [0.1, 0.15) is 32.6 Å². The number of hydrogen-bond donors (Lipinski definition) is 3. The number of nitrogens with one attached hydrogen (secondary N) is 1. The maximum absolute atomic E-state index is 9.20. The predicted octanol–water partition coefficient (Wildman–Crippen LogP) is 0.627. The Morgan fingerprint density at radius 2 is 2.00 bits per heavy atom. The third-order valence-corrected chi connectivity index (χ3v) is 3.33. The van der Waals surface area contributed by atoms with E-state index in [1.807, 2.05) is 6.92 Å². The van der Waals surface area contributed by atoms with Crippen LogP contribution in [0, 0.1) is 0 Å². The molecule has 1 atom stereocenters. The number of piperidine rings is 1. The van der Waals surface area contributed by atoms with Gasteiger partial charge in [-0.1, -0.05) is 6.92 Å². The first-order valence-electron chi connectivity index (χ1n) is 6.86. The van der Waals surface area contributed by atoms with E-state index in [-0.39, 0.29) is 18.6 Å². The van der Waals surface area contributed by atoms with Crippen LogP contribution in [0.25, 0.3) is 0 Å². The Bertz CT molecular complexity index is 403. The average molecular weight is 266 g/mol. The van der Waals surface area contributed by atoms with Gasteiger partial charge in [0.15, 0.2) is 0 Å². The summed E-state index contributed by atoms with van der Waals surface area (Å²) in [7, 11) is 0. The predicted molar refractivity (Wildman–Crippen MR) is 75.1 cm³/mol. The highest BCUT2D eigenvalue weighted by molar-refractivity contribution is 5.42. The van der Waals surface area contributed by atoms with E-state index in [0.717, 1.165) is 32.4 Å². The molecule has 0 aliphatic carbocycles. The summed E-state index contributed by atoms with van der Waals surface area (Å²) in [6.07, 6.45) is 4.36. The number of nitrogens with zero attached hydrogens (tertiary/aromatic N) is 4. The molecule has 0 aromatic carbocycles. The molecule has 1 aromatic heterocycles. The molecule has 0 amide bonds. The van der Waals surface area contributed by atoms with E-state index in [1.165, 1.54) is 6.42 Å².